The highest BCUT2D eigenvalue weighted by atomic mass is 31.2. The summed E-state index contributed by atoms with van der Waals surface area (Å²) in [5, 5.41) is 0. The Morgan fingerprint density at radius 1 is 0.561 bits per heavy atom. The van der Waals surface area contributed by atoms with Gasteiger partial charge in [-0.05, 0) is 96.0 Å². The van der Waals surface area contributed by atoms with Crippen LogP contribution in [0.15, 0.2) is 73.1 Å². The van der Waals surface area contributed by atoms with Gasteiger partial charge in [0.2, 0.25) is 0 Å². The molecule has 0 aliphatic rings. The Bertz CT molecular complexity index is 1140. The molecule has 0 spiro atoms. The highest BCUT2D eigenvalue weighted by molar-refractivity contribution is 7.45. The van der Waals surface area contributed by atoms with E-state index in [0.29, 0.717) is 17.4 Å². The smallest absolute Gasteiger partial charge is 0.306 e. The van der Waals surface area contributed by atoms with E-state index in [4.69, 9.17) is 18.5 Å². The molecular formula is C48H86NO7P. The molecule has 0 aliphatic carbocycles. The fraction of sp³-hybridized carbons (Fsp3) is 0.729. The van der Waals surface area contributed by atoms with Crippen LogP contribution in [0.3, 0.4) is 0 Å². The molecule has 0 aromatic heterocycles. The molecule has 0 aromatic carbocycles. The van der Waals surface area contributed by atoms with E-state index in [1.807, 2.05) is 27.2 Å². The summed E-state index contributed by atoms with van der Waals surface area (Å²) in [4.78, 5) is 25.0. The van der Waals surface area contributed by atoms with Crippen LogP contribution in [0.4, 0.5) is 0 Å². The zero-order valence-electron chi connectivity index (χ0n) is 37.3. The van der Waals surface area contributed by atoms with Crippen molar-refractivity contribution in [3.8, 4) is 0 Å². The summed E-state index contributed by atoms with van der Waals surface area (Å²) >= 11 is 0. The van der Waals surface area contributed by atoms with Crippen molar-refractivity contribution in [2.45, 2.75) is 180 Å². The maximum atomic E-state index is 12.7. The number of phosphoric acid groups is 1. The molecule has 1 unspecified atom stereocenters. The maximum Gasteiger partial charge on any atom is 0.306 e. The van der Waals surface area contributed by atoms with Gasteiger partial charge in [0.05, 0.1) is 34.0 Å². The number of hydrogen-bond acceptors (Lipinski definition) is 7. The summed E-state index contributed by atoms with van der Waals surface area (Å²) < 4.78 is 34.3. The quantitative estimate of drug-likeness (QED) is 0.0151. The van der Waals surface area contributed by atoms with E-state index in [-0.39, 0.29) is 26.2 Å². The third-order valence-corrected chi connectivity index (χ3v) is 10.3. The molecule has 0 fully saturated rings. The zero-order chi connectivity index (χ0) is 42.0. The Labute approximate surface area is 351 Å². The van der Waals surface area contributed by atoms with Gasteiger partial charge in [0.1, 0.15) is 19.8 Å². The molecule has 0 aliphatic heterocycles. The van der Waals surface area contributed by atoms with Crippen molar-refractivity contribution in [3.05, 3.63) is 73.1 Å². The zero-order valence-corrected chi connectivity index (χ0v) is 38.2. The molecule has 0 rings (SSSR count). The number of carbonyl (C=O) groups excluding carboxylic acids is 1. The second-order valence-corrected chi connectivity index (χ2v) is 17.5. The van der Waals surface area contributed by atoms with Crippen LogP contribution < -0.4 is 4.89 Å². The van der Waals surface area contributed by atoms with Gasteiger partial charge in [-0.3, -0.25) is 9.36 Å². The Balaban J connectivity index is 4.38. The number of allylic oxidation sites excluding steroid dienone is 11. The van der Waals surface area contributed by atoms with Crippen LogP contribution in [0.5, 0.6) is 0 Å². The first-order chi connectivity index (χ1) is 27.6. The average molecular weight is 820 g/mol. The van der Waals surface area contributed by atoms with Gasteiger partial charge in [-0.2, -0.15) is 0 Å². The van der Waals surface area contributed by atoms with E-state index < -0.39 is 19.9 Å². The summed E-state index contributed by atoms with van der Waals surface area (Å²) in [7, 11) is 1.29. The lowest BCUT2D eigenvalue weighted by Crippen LogP contribution is -2.37. The fourth-order valence-corrected chi connectivity index (χ4v) is 6.45. The number of unbranched alkanes of at least 4 members (excludes halogenated alkanes) is 17. The molecule has 0 N–H and O–H groups in total. The van der Waals surface area contributed by atoms with Crippen LogP contribution in [-0.4, -0.2) is 64.1 Å². The van der Waals surface area contributed by atoms with Gasteiger partial charge in [0, 0.05) is 6.42 Å². The van der Waals surface area contributed by atoms with Gasteiger partial charge in [-0.15, -0.1) is 0 Å². The summed E-state index contributed by atoms with van der Waals surface area (Å²) in [6.45, 7) is 4.64. The van der Waals surface area contributed by atoms with Crippen molar-refractivity contribution in [2.75, 3.05) is 47.5 Å². The van der Waals surface area contributed by atoms with Crippen LogP contribution >= 0.6 is 7.82 Å². The van der Waals surface area contributed by atoms with Crippen LogP contribution in [0, 0.1) is 0 Å². The van der Waals surface area contributed by atoms with Crippen molar-refractivity contribution in [3.63, 3.8) is 0 Å². The Hall–Kier alpha value is -2.22. The standard InChI is InChI=1S/C48H86NO7P/c1-6-8-10-12-14-16-18-20-22-24-25-26-27-29-31-33-35-37-39-41-48(50)56-47(46-55-57(51,52)54-44-42-49(3,4)5)45-53-43-40-38-36-34-32-30-28-23-21-19-17-15-13-11-9-7-2/h14,16,20-23,25-26,29,31,40,43,47H,6-13,15,17-19,24,27-28,30,32-39,41-42,44-46H2,1-5H3/b16-14-,22-20-,23-21-,26-25-,31-29-,43-40-/t47-/m1/s1. The van der Waals surface area contributed by atoms with E-state index in [0.717, 1.165) is 57.8 Å². The first kappa shape index (κ1) is 54.8. The molecule has 8 nitrogen and oxygen atoms in total. The number of rotatable bonds is 41. The second-order valence-electron chi connectivity index (χ2n) is 16.1. The highest BCUT2D eigenvalue weighted by Gasteiger charge is 2.20. The fourth-order valence-electron chi connectivity index (χ4n) is 5.72. The highest BCUT2D eigenvalue weighted by Crippen LogP contribution is 2.38. The molecule has 57 heavy (non-hydrogen) atoms. The lowest BCUT2D eigenvalue weighted by molar-refractivity contribution is -0.870. The number of hydrogen-bond donors (Lipinski definition) is 0. The number of quaternary nitrogens is 1. The number of likely N-dealkylation sites (N-methyl/N-ethyl adjacent to an activating group) is 1. The van der Waals surface area contributed by atoms with Crippen molar-refractivity contribution < 1.29 is 37.3 Å². The van der Waals surface area contributed by atoms with Gasteiger partial charge in [0.25, 0.3) is 7.82 Å². The normalized spacial score (nSPS) is 14.4. The van der Waals surface area contributed by atoms with E-state index in [1.165, 1.54) is 89.9 Å². The van der Waals surface area contributed by atoms with Crippen LogP contribution in [0.1, 0.15) is 174 Å². The Kier molecular flexibility index (Phi) is 39.0. The predicted octanol–water partition coefficient (Wildman–Crippen LogP) is 13.2. The Morgan fingerprint density at radius 2 is 0.982 bits per heavy atom. The first-order valence-electron chi connectivity index (χ1n) is 22.7. The summed E-state index contributed by atoms with van der Waals surface area (Å²) in [5.74, 6) is -0.391. The number of phosphoric ester groups is 1. The third-order valence-electron chi connectivity index (χ3n) is 9.29. The first-order valence-corrected chi connectivity index (χ1v) is 24.2. The maximum absolute atomic E-state index is 12.7. The van der Waals surface area contributed by atoms with Crippen LogP contribution in [-0.2, 0) is 27.9 Å². The number of ether oxygens (including phenoxy) is 2. The van der Waals surface area contributed by atoms with Gasteiger partial charge < -0.3 is 27.9 Å². The number of esters is 1. The Morgan fingerprint density at radius 3 is 1.51 bits per heavy atom. The summed E-state index contributed by atoms with van der Waals surface area (Å²) in [6.07, 6.45) is 52.9. The van der Waals surface area contributed by atoms with Crippen molar-refractivity contribution in [1.82, 2.24) is 0 Å². The minimum atomic E-state index is -4.56. The summed E-state index contributed by atoms with van der Waals surface area (Å²) in [6, 6.07) is 0. The summed E-state index contributed by atoms with van der Waals surface area (Å²) in [5.41, 5.74) is 0. The second kappa shape index (κ2) is 40.6. The van der Waals surface area contributed by atoms with Gasteiger partial charge in [-0.25, -0.2) is 0 Å². The largest absolute Gasteiger partial charge is 0.756 e. The molecule has 0 radical (unpaired) electrons. The molecule has 0 aromatic rings. The third kappa shape index (κ3) is 44.7. The van der Waals surface area contributed by atoms with E-state index in [2.05, 4.69) is 74.6 Å². The molecule has 330 valence electrons. The molecule has 0 amide bonds. The molecule has 9 heteroatoms. The average Bonchev–Trinajstić information content (AvgIpc) is 3.16. The predicted molar refractivity (Wildman–Crippen MR) is 240 cm³/mol. The monoisotopic (exact) mass is 820 g/mol. The minimum absolute atomic E-state index is 0.00173. The molecule has 0 saturated carbocycles. The molecule has 0 saturated heterocycles. The van der Waals surface area contributed by atoms with Crippen LogP contribution in [0.25, 0.3) is 0 Å². The molecule has 0 bridgehead atoms. The van der Waals surface area contributed by atoms with Gasteiger partial charge >= 0.3 is 5.97 Å². The lowest BCUT2D eigenvalue weighted by Gasteiger charge is -2.28. The van der Waals surface area contributed by atoms with E-state index >= 15 is 0 Å². The topological polar surface area (TPSA) is 94.1 Å². The van der Waals surface area contributed by atoms with Gasteiger partial charge in [-0.1, -0.05) is 139 Å². The SMILES string of the molecule is CCCCC/C=C\C/C=C\C/C=C\C/C=C\CCCCCC(=O)O[C@H](CO/C=C\CCCCCC/C=C\CCCCCCCC)COP(=O)([O-])OCC[N+](C)(C)C. The van der Waals surface area contributed by atoms with Crippen LogP contribution in [0.2, 0.25) is 0 Å². The van der Waals surface area contributed by atoms with E-state index in [9.17, 15) is 14.3 Å². The molecular weight excluding hydrogens is 734 g/mol. The van der Waals surface area contributed by atoms with E-state index in [1.54, 1.807) is 6.26 Å². The molecule has 0 heterocycles. The van der Waals surface area contributed by atoms with Gasteiger partial charge in [0.15, 0.2) is 6.10 Å². The minimum Gasteiger partial charge on any atom is -0.756 e. The van der Waals surface area contributed by atoms with Crippen molar-refractivity contribution >= 4 is 13.8 Å². The number of carbonyl (C=O) groups is 1. The van der Waals surface area contributed by atoms with Crippen molar-refractivity contribution in [2.24, 2.45) is 0 Å². The molecule has 2 atom stereocenters. The lowest BCUT2D eigenvalue weighted by atomic mass is 10.1. The number of nitrogens with zero attached hydrogens (tertiary/aromatic N) is 1. The van der Waals surface area contributed by atoms with Crippen molar-refractivity contribution in [1.29, 1.82) is 0 Å².